The van der Waals surface area contributed by atoms with E-state index in [1.165, 1.54) is 18.4 Å². The van der Waals surface area contributed by atoms with Crippen molar-refractivity contribution in [2.75, 3.05) is 6.54 Å². The van der Waals surface area contributed by atoms with Crippen LogP contribution in [0.5, 0.6) is 0 Å². The molecule has 0 spiro atoms. The van der Waals surface area contributed by atoms with Crippen LogP contribution in [0.15, 0.2) is 16.8 Å². The molecule has 0 aromatic carbocycles. The van der Waals surface area contributed by atoms with Crippen LogP contribution >= 0.6 is 11.3 Å². The van der Waals surface area contributed by atoms with Gasteiger partial charge in [0, 0.05) is 13.0 Å². The zero-order chi connectivity index (χ0) is 12.1. The summed E-state index contributed by atoms with van der Waals surface area (Å²) in [5.74, 6) is 0.142. The third kappa shape index (κ3) is 3.30. The van der Waals surface area contributed by atoms with Crippen molar-refractivity contribution in [1.29, 1.82) is 0 Å². The molecule has 1 aliphatic carbocycles. The van der Waals surface area contributed by atoms with E-state index in [0.29, 0.717) is 13.0 Å². The van der Waals surface area contributed by atoms with Gasteiger partial charge >= 0.3 is 0 Å². The van der Waals surface area contributed by atoms with Crippen LogP contribution in [-0.2, 0) is 11.2 Å². The molecule has 3 N–H and O–H groups in total. The number of carbonyl (C=O) groups is 1. The number of nitrogens with two attached hydrogens (primary N) is 1. The average molecular weight is 252 g/mol. The summed E-state index contributed by atoms with van der Waals surface area (Å²) in [6, 6.07) is 2.08. The first kappa shape index (κ1) is 12.6. The summed E-state index contributed by atoms with van der Waals surface area (Å²) < 4.78 is 0. The van der Waals surface area contributed by atoms with E-state index in [1.807, 2.05) is 5.38 Å². The molecule has 4 heteroatoms. The maximum Gasteiger partial charge on any atom is 0.220 e. The van der Waals surface area contributed by atoms with E-state index in [1.54, 1.807) is 11.3 Å². The summed E-state index contributed by atoms with van der Waals surface area (Å²) >= 11 is 1.68. The fourth-order valence-corrected chi connectivity index (χ4v) is 3.19. The van der Waals surface area contributed by atoms with Gasteiger partial charge in [-0.3, -0.25) is 4.79 Å². The second-order valence-corrected chi connectivity index (χ2v) is 5.65. The van der Waals surface area contributed by atoms with Crippen molar-refractivity contribution in [2.45, 2.75) is 44.1 Å². The Bertz CT molecular complexity index is 356. The van der Waals surface area contributed by atoms with Gasteiger partial charge in [0.2, 0.25) is 5.91 Å². The molecule has 2 rings (SSSR count). The molecular formula is C13H20N2OS. The summed E-state index contributed by atoms with van der Waals surface area (Å²) in [6.07, 6.45) is 5.83. The molecule has 1 saturated carbocycles. The van der Waals surface area contributed by atoms with Gasteiger partial charge in [-0.05, 0) is 41.7 Å². The molecule has 0 aliphatic heterocycles. The Morgan fingerprint density at radius 1 is 1.47 bits per heavy atom. The predicted molar refractivity (Wildman–Crippen MR) is 71.0 cm³/mol. The summed E-state index contributed by atoms with van der Waals surface area (Å²) in [7, 11) is 0. The molecule has 1 heterocycles. The first-order valence-electron chi connectivity index (χ1n) is 6.26. The van der Waals surface area contributed by atoms with Crippen molar-refractivity contribution in [3.8, 4) is 0 Å². The number of rotatable bonds is 5. The Kier molecular flexibility index (Phi) is 4.18. The van der Waals surface area contributed by atoms with Gasteiger partial charge in [0.25, 0.3) is 0 Å². The quantitative estimate of drug-likeness (QED) is 0.843. The highest BCUT2D eigenvalue weighted by molar-refractivity contribution is 7.07. The molecule has 0 radical (unpaired) electrons. The first-order chi connectivity index (χ1) is 8.24. The molecule has 1 fully saturated rings. The van der Waals surface area contributed by atoms with Gasteiger partial charge in [-0.1, -0.05) is 12.8 Å². The maximum absolute atomic E-state index is 11.9. The van der Waals surface area contributed by atoms with Crippen molar-refractivity contribution in [3.05, 3.63) is 22.4 Å². The van der Waals surface area contributed by atoms with Gasteiger partial charge in [0.05, 0.1) is 5.54 Å². The number of hydrogen-bond acceptors (Lipinski definition) is 3. The lowest BCUT2D eigenvalue weighted by molar-refractivity contribution is -0.122. The minimum absolute atomic E-state index is 0.105. The molecule has 1 amide bonds. The maximum atomic E-state index is 11.9. The van der Waals surface area contributed by atoms with E-state index in [4.69, 9.17) is 5.73 Å². The van der Waals surface area contributed by atoms with Gasteiger partial charge in [-0.25, -0.2) is 0 Å². The molecule has 17 heavy (non-hydrogen) atoms. The highest BCUT2D eigenvalue weighted by Gasteiger charge is 2.33. The molecule has 3 nitrogen and oxygen atoms in total. The van der Waals surface area contributed by atoms with E-state index in [0.717, 1.165) is 19.3 Å². The molecule has 0 unspecified atom stereocenters. The second-order valence-electron chi connectivity index (χ2n) is 4.87. The van der Waals surface area contributed by atoms with Crippen molar-refractivity contribution in [3.63, 3.8) is 0 Å². The molecule has 0 atom stereocenters. The average Bonchev–Trinajstić information content (AvgIpc) is 2.98. The molecule has 0 bridgehead atoms. The molecule has 0 saturated heterocycles. The minimum Gasteiger partial charge on any atom is -0.349 e. The Morgan fingerprint density at radius 3 is 2.82 bits per heavy atom. The van der Waals surface area contributed by atoms with Crippen LogP contribution in [0.1, 0.15) is 37.7 Å². The molecule has 1 aromatic heterocycles. The number of nitrogens with one attached hydrogen (secondary N) is 1. The van der Waals surface area contributed by atoms with Crippen molar-refractivity contribution in [2.24, 2.45) is 5.73 Å². The standard InChI is InChI=1S/C13H20N2OS/c14-10-13(6-1-2-7-13)15-12(16)4-3-11-5-8-17-9-11/h5,8-9H,1-4,6-7,10,14H2,(H,15,16). The van der Waals surface area contributed by atoms with Gasteiger partial charge in [0.1, 0.15) is 0 Å². The van der Waals surface area contributed by atoms with Crippen LogP contribution in [0.3, 0.4) is 0 Å². The lowest BCUT2D eigenvalue weighted by atomic mass is 9.97. The Morgan fingerprint density at radius 2 is 2.24 bits per heavy atom. The summed E-state index contributed by atoms with van der Waals surface area (Å²) in [6.45, 7) is 0.567. The van der Waals surface area contributed by atoms with Crippen LogP contribution < -0.4 is 11.1 Å². The number of aryl methyl sites for hydroxylation is 1. The van der Waals surface area contributed by atoms with Crippen molar-refractivity contribution in [1.82, 2.24) is 5.32 Å². The van der Waals surface area contributed by atoms with Crippen LogP contribution in [-0.4, -0.2) is 18.0 Å². The van der Waals surface area contributed by atoms with Gasteiger partial charge in [-0.2, -0.15) is 11.3 Å². The zero-order valence-corrected chi connectivity index (χ0v) is 10.9. The summed E-state index contributed by atoms with van der Waals surface area (Å²) in [4.78, 5) is 11.9. The third-order valence-corrected chi connectivity index (χ3v) is 4.31. The Labute approximate surface area is 106 Å². The fourth-order valence-electron chi connectivity index (χ4n) is 2.48. The highest BCUT2D eigenvalue weighted by Crippen LogP contribution is 2.28. The van der Waals surface area contributed by atoms with Crippen molar-refractivity contribution >= 4 is 17.2 Å². The third-order valence-electron chi connectivity index (χ3n) is 3.58. The van der Waals surface area contributed by atoms with Crippen LogP contribution in [0, 0.1) is 0 Å². The molecular weight excluding hydrogens is 232 g/mol. The van der Waals surface area contributed by atoms with Crippen LogP contribution in [0.4, 0.5) is 0 Å². The molecule has 1 aromatic rings. The van der Waals surface area contributed by atoms with Crippen LogP contribution in [0.2, 0.25) is 0 Å². The fraction of sp³-hybridized carbons (Fsp3) is 0.615. The van der Waals surface area contributed by atoms with Gasteiger partial charge < -0.3 is 11.1 Å². The number of amides is 1. The minimum atomic E-state index is -0.105. The van der Waals surface area contributed by atoms with E-state index in [9.17, 15) is 4.79 Å². The number of thiophene rings is 1. The second kappa shape index (κ2) is 5.65. The lowest BCUT2D eigenvalue weighted by Crippen LogP contribution is -2.51. The van der Waals surface area contributed by atoms with E-state index in [2.05, 4.69) is 16.8 Å². The van der Waals surface area contributed by atoms with E-state index >= 15 is 0 Å². The summed E-state index contributed by atoms with van der Waals surface area (Å²) in [5, 5.41) is 7.29. The first-order valence-corrected chi connectivity index (χ1v) is 7.21. The van der Waals surface area contributed by atoms with Gasteiger partial charge in [0.15, 0.2) is 0 Å². The largest absolute Gasteiger partial charge is 0.349 e. The zero-order valence-electron chi connectivity index (χ0n) is 10.1. The lowest BCUT2D eigenvalue weighted by Gasteiger charge is -2.28. The van der Waals surface area contributed by atoms with E-state index in [-0.39, 0.29) is 11.4 Å². The molecule has 1 aliphatic rings. The number of carbonyl (C=O) groups excluding carboxylic acids is 1. The van der Waals surface area contributed by atoms with Gasteiger partial charge in [-0.15, -0.1) is 0 Å². The van der Waals surface area contributed by atoms with Crippen molar-refractivity contribution < 1.29 is 4.79 Å². The summed E-state index contributed by atoms with van der Waals surface area (Å²) in [5.41, 5.74) is 6.94. The monoisotopic (exact) mass is 252 g/mol. The topological polar surface area (TPSA) is 55.1 Å². The van der Waals surface area contributed by atoms with E-state index < -0.39 is 0 Å². The predicted octanol–water partition coefficient (Wildman–Crippen LogP) is 2.07. The smallest absolute Gasteiger partial charge is 0.220 e. The Hall–Kier alpha value is -0.870. The highest BCUT2D eigenvalue weighted by atomic mass is 32.1. The van der Waals surface area contributed by atoms with Crippen LogP contribution in [0.25, 0.3) is 0 Å². The normalized spacial score (nSPS) is 18.2. The SMILES string of the molecule is NCC1(NC(=O)CCc2ccsc2)CCCC1. The molecule has 94 valence electrons. The number of hydrogen-bond donors (Lipinski definition) is 2. The Balaban J connectivity index is 1.80.